The SMILES string of the molecule is NC(=NCc1ccc(C(F)(F)F)cc1)c1cc(-c2cccs2)ccn1. The van der Waals surface area contributed by atoms with Crippen molar-refractivity contribution in [1.29, 1.82) is 0 Å². The van der Waals surface area contributed by atoms with Crippen LogP contribution >= 0.6 is 11.3 Å². The molecule has 0 aliphatic rings. The second kappa shape index (κ2) is 7.06. The molecule has 0 aliphatic carbocycles. The van der Waals surface area contributed by atoms with Gasteiger partial charge in [-0.1, -0.05) is 18.2 Å². The molecule has 0 saturated heterocycles. The van der Waals surface area contributed by atoms with Crippen LogP contribution in [0.1, 0.15) is 16.8 Å². The second-order valence-corrected chi connectivity index (χ2v) is 6.25. The Morgan fingerprint density at radius 1 is 1.12 bits per heavy atom. The molecule has 2 heterocycles. The van der Waals surface area contributed by atoms with Crippen molar-refractivity contribution < 1.29 is 13.2 Å². The number of nitrogens with two attached hydrogens (primary N) is 1. The lowest BCUT2D eigenvalue weighted by molar-refractivity contribution is -0.137. The minimum Gasteiger partial charge on any atom is -0.382 e. The number of pyridine rings is 1. The molecule has 1 aromatic carbocycles. The Balaban J connectivity index is 1.75. The number of benzene rings is 1. The first-order chi connectivity index (χ1) is 11.9. The van der Waals surface area contributed by atoms with Gasteiger partial charge in [0, 0.05) is 11.1 Å². The number of hydrogen-bond donors (Lipinski definition) is 1. The first-order valence-electron chi connectivity index (χ1n) is 7.40. The Morgan fingerprint density at radius 2 is 1.88 bits per heavy atom. The highest BCUT2D eigenvalue weighted by Crippen LogP contribution is 2.29. The Labute approximate surface area is 146 Å². The van der Waals surface area contributed by atoms with E-state index in [4.69, 9.17) is 5.73 Å². The molecule has 2 N–H and O–H groups in total. The van der Waals surface area contributed by atoms with Crippen molar-refractivity contribution in [3.05, 3.63) is 76.9 Å². The summed E-state index contributed by atoms with van der Waals surface area (Å²) < 4.78 is 37.7. The lowest BCUT2D eigenvalue weighted by Gasteiger charge is -2.07. The second-order valence-electron chi connectivity index (χ2n) is 5.30. The van der Waals surface area contributed by atoms with Gasteiger partial charge >= 0.3 is 6.18 Å². The molecule has 128 valence electrons. The van der Waals surface area contributed by atoms with E-state index in [1.807, 2.05) is 29.6 Å². The van der Waals surface area contributed by atoms with Crippen LogP contribution in [0.2, 0.25) is 0 Å². The summed E-state index contributed by atoms with van der Waals surface area (Å²) in [6.07, 6.45) is -2.68. The number of aromatic nitrogens is 1. The minimum atomic E-state index is -4.34. The molecule has 0 atom stereocenters. The number of halogens is 3. The third kappa shape index (κ3) is 4.24. The normalized spacial score (nSPS) is 12.4. The van der Waals surface area contributed by atoms with E-state index in [2.05, 4.69) is 9.98 Å². The number of alkyl halides is 3. The average molecular weight is 361 g/mol. The smallest absolute Gasteiger partial charge is 0.382 e. The zero-order chi connectivity index (χ0) is 17.9. The van der Waals surface area contributed by atoms with E-state index in [9.17, 15) is 13.2 Å². The van der Waals surface area contributed by atoms with E-state index in [0.29, 0.717) is 11.3 Å². The van der Waals surface area contributed by atoms with Crippen molar-refractivity contribution in [3.8, 4) is 10.4 Å². The van der Waals surface area contributed by atoms with E-state index in [-0.39, 0.29) is 12.4 Å². The van der Waals surface area contributed by atoms with Gasteiger partial charge in [-0.25, -0.2) is 0 Å². The summed E-state index contributed by atoms with van der Waals surface area (Å²) in [6.45, 7) is 0.189. The molecule has 3 aromatic rings. The molecule has 3 nitrogen and oxygen atoms in total. The van der Waals surface area contributed by atoms with Crippen LogP contribution in [0.4, 0.5) is 13.2 Å². The number of hydrogen-bond acceptors (Lipinski definition) is 3. The summed E-state index contributed by atoms with van der Waals surface area (Å²) >= 11 is 1.61. The Kier molecular flexibility index (Phi) is 4.85. The van der Waals surface area contributed by atoms with E-state index in [1.54, 1.807) is 17.5 Å². The molecule has 0 unspecified atom stereocenters. The van der Waals surface area contributed by atoms with Gasteiger partial charge in [-0.05, 0) is 46.8 Å². The molecule has 0 saturated carbocycles. The summed E-state index contributed by atoms with van der Waals surface area (Å²) in [4.78, 5) is 9.54. The van der Waals surface area contributed by atoms with Crippen molar-refractivity contribution in [2.45, 2.75) is 12.7 Å². The standard InChI is InChI=1S/C18H14F3N3S/c19-18(20,21)14-5-3-12(4-6-14)11-24-17(22)15-10-13(7-8-23-15)16-2-1-9-25-16/h1-10H,11H2,(H2,22,24). The van der Waals surface area contributed by atoms with Crippen molar-refractivity contribution in [2.24, 2.45) is 10.7 Å². The molecule has 0 radical (unpaired) electrons. The van der Waals surface area contributed by atoms with Crippen LogP contribution in [0.25, 0.3) is 10.4 Å². The summed E-state index contributed by atoms with van der Waals surface area (Å²) in [7, 11) is 0. The Morgan fingerprint density at radius 3 is 2.52 bits per heavy atom. The van der Waals surface area contributed by atoms with Crippen molar-refractivity contribution in [2.75, 3.05) is 0 Å². The molecule has 0 fully saturated rings. The topological polar surface area (TPSA) is 51.3 Å². The zero-order valence-corrected chi connectivity index (χ0v) is 13.8. The molecule has 0 amide bonds. The minimum absolute atomic E-state index is 0.189. The van der Waals surface area contributed by atoms with Gasteiger partial charge < -0.3 is 5.73 Å². The average Bonchev–Trinajstić information content (AvgIpc) is 3.14. The fourth-order valence-electron chi connectivity index (χ4n) is 2.22. The molecular weight excluding hydrogens is 347 g/mol. The van der Waals surface area contributed by atoms with E-state index >= 15 is 0 Å². The number of aliphatic imine (C=N–C) groups is 1. The van der Waals surface area contributed by atoms with E-state index in [1.165, 1.54) is 12.1 Å². The third-order valence-electron chi connectivity index (χ3n) is 3.54. The van der Waals surface area contributed by atoms with Crippen LogP contribution in [0, 0.1) is 0 Å². The fraction of sp³-hybridized carbons (Fsp3) is 0.111. The summed E-state index contributed by atoms with van der Waals surface area (Å²) in [5.74, 6) is 0.248. The monoisotopic (exact) mass is 361 g/mol. The number of rotatable bonds is 4. The van der Waals surface area contributed by atoms with Crippen LogP contribution < -0.4 is 5.73 Å². The van der Waals surface area contributed by atoms with Gasteiger partial charge in [0.2, 0.25) is 0 Å². The lowest BCUT2D eigenvalue weighted by Crippen LogP contribution is -2.15. The number of thiophene rings is 1. The van der Waals surface area contributed by atoms with Gasteiger partial charge in [-0.3, -0.25) is 9.98 Å². The van der Waals surface area contributed by atoms with Crippen LogP contribution in [0.15, 0.2) is 65.1 Å². The summed E-state index contributed by atoms with van der Waals surface area (Å²) in [6, 6.07) is 12.6. The summed E-state index contributed by atoms with van der Waals surface area (Å²) in [5, 5.41) is 1.98. The maximum Gasteiger partial charge on any atom is 0.416 e. The molecule has 0 spiro atoms. The molecular formula is C18H14F3N3S. The Hall–Kier alpha value is -2.67. The summed E-state index contributed by atoms with van der Waals surface area (Å²) in [5.41, 5.74) is 7.47. The third-order valence-corrected chi connectivity index (χ3v) is 4.46. The van der Waals surface area contributed by atoms with E-state index < -0.39 is 11.7 Å². The molecule has 25 heavy (non-hydrogen) atoms. The zero-order valence-electron chi connectivity index (χ0n) is 13.0. The molecule has 3 rings (SSSR count). The first-order valence-corrected chi connectivity index (χ1v) is 8.28. The van der Waals surface area contributed by atoms with Crippen LogP contribution in [-0.4, -0.2) is 10.8 Å². The highest BCUT2D eigenvalue weighted by molar-refractivity contribution is 7.13. The number of nitrogens with zero attached hydrogens (tertiary/aromatic N) is 2. The largest absolute Gasteiger partial charge is 0.416 e. The van der Waals surface area contributed by atoms with Gasteiger partial charge in [0.1, 0.15) is 11.5 Å². The van der Waals surface area contributed by atoms with Crippen LogP contribution in [0.3, 0.4) is 0 Å². The highest BCUT2D eigenvalue weighted by atomic mass is 32.1. The first kappa shape index (κ1) is 17.2. The van der Waals surface area contributed by atoms with Gasteiger partial charge in [0.25, 0.3) is 0 Å². The van der Waals surface area contributed by atoms with Crippen molar-refractivity contribution in [3.63, 3.8) is 0 Å². The molecule has 7 heteroatoms. The van der Waals surface area contributed by atoms with E-state index in [0.717, 1.165) is 22.6 Å². The van der Waals surface area contributed by atoms with Crippen LogP contribution in [0.5, 0.6) is 0 Å². The fourth-order valence-corrected chi connectivity index (χ4v) is 2.95. The maximum absolute atomic E-state index is 12.6. The van der Waals surface area contributed by atoms with Crippen LogP contribution in [-0.2, 0) is 12.7 Å². The molecule has 0 bridgehead atoms. The van der Waals surface area contributed by atoms with Gasteiger partial charge in [-0.15, -0.1) is 11.3 Å². The highest BCUT2D eigenvalue weighted by Gasteiger charge is 2.29. The predicted octanol–water partition coefficient (Wildman–Crippen LogP) is 4.73. The Bertz CT molecular complexity index is 869. The predicted molar refractivity (Wildman–Crippen MR) is 93.4 cm³/mol. The lowest BCUT2D eigenvalue weighted by atomic mass is 10.1. The maximum atomic E-state index is 12.6. The van der Waals surface area contributed by atoms with Crippen molar-refractivity contribution >= 4 is 17.2 Å². The molecule has 2 aromatic heterocycles. The van der Waals surface area contributed by atoms with Gasteiger partial charge in [-0.2, -0.15) is 13.2 Å². The quantitative estimate of drug-likeness (QED) is 0.539. The molecule has 0 aliphatic heterocycles. The van der Waals surface area contributed by atoms with Crippen molar-refractivity contribution in [1.82, 2.24) is 4.98 Å². The van der Waals surface area contributed by atoms with Gasteiger partial charge in [0.05, 0.1) is 12.1 Å². The van der Waals surface area contributed by atoms with Gasteiger partial charge in [0.15, 0.2) is 0 Å². The number of amidine groups is 1.